The summed E-state index contributed by atoms with van der Waals surface area (Å²) in [5.74, 6) is 0. The molecule has 116 valence electrons. The van der Waals surface area contributed by atoms with Crippen molar-refractivity contribution in [1.29, 1.82) is 0 Å². The van der Waals surface area contributed by atoms with Gasteiger partial charge in [0.15, 0.2) is 0 Å². The molecule has 0 N–H and O–H groups in total. The number of hydrogen-bond acceptors (Lipinski definition) is 1. The maximum atomic E-state index is 2.71. The minimum absolute atomic E-state index is 0.401. The van der Waals surface area contributed by atoms with Gasteiger partial charge in [0.05, 0.1) is 12.1 Å². The van der Waals surface area contributed by atoms with E-state index in [9.17, 15) is 0 Å². The van der Waals surface area contributed by atoms with Gasteiger partial charge in [-0.25, -0.2) is 0 Å². The summed E-state index contributed by atoms with van der Waals surface area (Å²) in [7, 11) is -0.544. The zero-order chi connectivity index (χ0) is 15.9. The minimum atomic E-state index is -0.544. The van der Waals surface area contributed by atoms with Crippen LogP contribution in [0.4, 0.5) is 0 Å². The molecule has 24 heavy (non-hydrogen) atoms. The molecule has 0 fully saturated rings. The molecule has 2 heterocycles. The molecule has 0 saturated heterocycles. The average molecular weight is 327 g/mol. The third kappa shape index (κ3) is 2.09. The quantitative estimate of drug-likeness (QED) is 0.498. The van der Waals surface area contributed by atoms with E-state index >= 15 is 0 Å². The molecule has 3 aromatic rings. The zero-order valence-electron chi connectivity index (χ0n) is 13.3. The lowest BCUT2D eigenvalue weighted by Crippen LogP contribution is -2.26. The Morgan fingerprint density at radius 1 is 0.542 bits per heavy atom. The summed E-state index contributed by atoms with van der Waals surface area (Å²) in [6.07, 6.45) is 4.77. The lowest BCUT2D eigenvalue weighted by Gasteiger charge is -2.33. The summed E-state index contributed by atoms with van der Waals surface area (Å²) >= 11 is 0. The van der Waals surface area contributed by atoms with Gasteiger partial charge in [-0.3, -0.25) is 4.67 Å². The largest absolute Gasteiger partial charge is 0.253 e. The van der Waals surface area contributed by atoms with Crippen molar-refractivity contribution >= 4 is 18.7 Å². The molecule has 2 heteroatoms. The Labute approximate surface area is 144 Å². The van der Waals surface area contributed by atoms with E-state index in [0.29, 0.717) is 12.1 Å². The summed E-state index contributed by atoms with van der Waals surface area (Å²) in [5.41, 5.74) is 2.95. The van der Waals surface area contributed by atoms with Crippen molar-refractivity contribution in [2.75, 3.05) is 0 Å². The van der Waals surface area contributed by atoms with Crippen LogP contribution in [-0.4, -0.2) is 4.67 Å². The maximum absolute atomic E-state index is 2.71. The Balaban J connectivity index is 1.65. The van der Waals surface area contributed by atoms with Crippen LogP contribution in [0.2, 0.25) is 0 Å². The molecule has 5 rings (SSSR count). The fraction of sp³-hybridized carbons (Fsp3) is 0.0909. The Morgan fingerprint density at radius 2 is 0.958 bits per heavy atom. The molecule has 0 amide bonds. The molecule has 2 aliphatic heterocycles. The Hall–Kier alpha value is -2.21. The topological polar surface area (TPSA) is 3.24 Å². The fourth-order valence-electron chi connectivity index (χ4n) is 3.90. The third-order valence-electron chi connectivity index (χ3n) is 4.91. The van der Waals surface area contributed by atoms with Crippen LogP contribution >= 0.6 is 8.07 Å². The van der Waals surface area contributed by atoms with Crippen LogP contribution in [-0.2, 0) is 0 Å². The van der Waals surface area contributed by atoms with E-state index in [1.165, 1.54) is 21.7 Å². The maximum Gasteiger partial charge on any atom is 0.0587 e. The molecule has 3 aromatic carbocycles. The number of nitrogens with zero attached hydrogens (tertiary/aromatic N) is 1. The summed E-state index contributed by atoms with van der Waals surface area (Å²) in [5, 5.41) is 2.84. The molecule has 0 aliphatic carbocycles. The number of hydrogen-bond donors (Lipinski definition) is 0. The highest BCUT2D eigenvalue weighted by molar-refractivity contribution is 7.70. The van der Waals surface area contributed by atoms with Gasteiger partial charge in [0.2, 0.25) is 0 Å². The van der Waals surface area contributed by atoms with Crippen LogP contribution in [0, 0.1) is 0 Å². The van der Waals surface area contributed by atoms with Crippen molar-refractivity contribution in [3.63, 3.8) is 0 Å². The predicted molar refractivity (Wildman–Crippen MR) is 102 cm³/mol. The molecule has 2 aliphatic rings. The van der Waals surface area contributed by atoms with E-state index < -0.39 is 8.07 Å². The first-order valence-electron chi connectivity index (χ1n) is 8.39. The predicted octanol–water partition coefficient (Wildman–Crippen LogP) is 4.70. The second-order valence-corrected chi connectivity index (χ2v) is 8.38. The lowest BCUT2D eigenvalue weighted by atomic mass is 9.97. The molecule has 0 aromatic heterocycles. The van der Waals surface area contributed by atoms with Gasteiger partial charge in [-0.2, -0.15) is 0 Å². The van der Waals surface area contributed by atoms with E-state index in [4.69, 9.17) is 0 Å². The van der Waals surface area contributed by atoms with E-state index in [1.807, 2.05) is 0 Å². The summed E-state index contributed by atoms with van der Waals surface area (Å²) < 4.78 is 2.71. The number of benzene rings is 3. The molecular weight excluding hydrogens is 309 g/mol. The summed E-state index contributed by atoms with van der Waals surface area (Å²) in [6.45, 7) is 0. The minimum Gasteiger partial charge on any atom is -0.253 e. The fourth-order valence-corrected chi connectivity index (χ4v) is 6.55. The second-order valence-electron chi connectivity index (χ2n) is 6.27. The van der Waals surface area contributed by atoms with Crippen LogP contribution in [0.15, 0.2) is 97.1 Å². The molecule has 0 radical (unpaired) electrons. The molecule has 0 spiro atoms. The van der Waals surface area contributed by atoms with Crippen LogP contribution < -0.4 is 10.6 Å². The second kappa shape index (κ2) is 5.70. The molecule has 2 atom stereocenters. The molecular formula is C22H18NP. The third-order valence-corrected chi connectivity index (χ3v) is 7.45. The van der Waals surface area contributed by atoms with Gasteiger partial charge in [0, 0.05) is 8.07 Å². The van der Waals surface area contributed by atoms with Crippen molar-refractivity contribution in [3.8, 4) is 0 Å². The van der Waals surface area contributed by atoms with Crippen LogP contribution in [0.25, 0.3) is 0 Å². The first-order valence-corrected chi connectivity index (χ1v) is 9.68. The van der Waals surface area contributed by atoms with Crippen molar-refractivity contribution in [2.24, 2.45) is 0 Å². The van der Waals surface area contributed by atoms with Crippen molar-refractivity contribution < 1.29 is 0 Å². The van der Waals surface area contributed by atoms with Gasteiger partial charge < -0.3 is 0 Å². The van der Waals surface area contributed by atoms with Crippen molar-refractivity contribution in [1.82, 2.24) is 4.67 Å². The van der Waals surface area contributed by atoms with Crippen LogP contribution in [0.1, 0.15) is 23.2 Å². The molecule has 0 unspecified atom stereocenters. The highest BCUT2D eigenvalue weighted by atomic mass is 31.1. The number of fused-ring (bicyclic) bond motifs is 5. The normalized spacial score (nSPS) is 21.4. The van der Waals surface area contributed by atoms with Crippen molar-refractivity contribution in [3.05, 3.63) is 108 Å². The Morgan fingerprint density at radius 3 is 1.42 bits per heavy atom. The van der Waals surface area contributed by atoms with E-state index in [-0.39, 0.29) is 0 Å². The molecule has 0 saturated carbocycles. The SMILES string of the molecule is C1=C[C@H]2c3ccccc3[C@@H]1N2P(c1ccccc1)c1ccccc1. The lowest BCUT2D eigenvalue weighted by molar-refractivity contribution is 0.430. The van der Waals surface area contributed by atoms with Crippen LogP contribution in [0.3, 0.4) is 0 Å². The van der Waals surface area contributed by atoms with E-state index in [0.717, 1.165) is 0 Å². The first-order chi connectivity index (χ1) is 11.9. The standard InChI is InChI=1S/C22H18NP/c1-3-9-17(10-4-1)24(18-11-5-2-6-12-18)23-21-15-16-22(23)20-14-8-7-13-19(20)21/h1-16,21-22H/t21-,22+. The summed E-state index contributed by atoms with van der Waals surface area (Å²) in [6, 6.07) is 31.7. The van der Waals surface area contributed by atoms with Crippen LogP contribution in [0.5, 0.6) is 0 Å². The Bertz CT molecular complexity index is 816. The average Bonchev–Trinajstić information content (AvgIpc) is 3.21. The van der Waals surface area contributed by atoms with Gasteiger partial charge in [-0.15, -0.1) is 0 Å². The molecule has 2 bridgehead atoms. The number of rotatable bonds is 3. The Kier molecular flexibility index (Phi) is 3.36. The van der Waals surface area contributed by atoms with Gasteiger partial charge >= 0.3 is 0 Å². The summed E-state index contributed by atoms with van der Waals surface area (Å²) in [4.78, 5) is 0. The van der Waals surface area contributed by atoms with Gasteiger partial charge in [-0.05, 0) is 21.7 Å². The zero-order valence-corrected chi connectivity index (χ0v) is 14.2. The van der Waals surface area contributed by atoms with E-state index in [2.05, 4.69) is 102 Å². The first kappa shape index (κ1) is 14.2. The highest BCUT2D eigenvalue weighted by Gasteiger charge is 2.44. The van der Waals surface area contributed by atoms with Gasteiger partial charge in [0.1, 0.15) is 0 Å². The monoisotopic (exact) mass is 327 g/mol. The van der Waals surface area contributed by atoms with Gasteiger partial charge in [-0.1, -0.05) is 97.1 Å². The van der Waals surface area contributed by atoms with E-state index in [1.54, 1.807) is 0 Å². The van der Waals surface area contributed by atoms with Gasteiger partial charge in [0.25, 0.3) is 0 Å². The molecule has 1 nitrogen and oxygen atoms in total. The smallest absolute Gasteiger partial charge is 0.0587 e. The highest BCUT2D eigenvalue weighted by Crippen LogP contribution is 2.59. The van der Waals surface area contributed by atoms with Crippen molar-refractivity contribution in [2.45, 2.75) is 12.1 Å².